The van der Waals surface area contributed by atoms with E-state index >= 15 is 0 Å². The maximum Gasteiger partial charge on any atom is 0.301 e. The number of carbonyl (C=O) groups is 2. The number of benzene rings is 3. The van der Waals surface area contributed by atoms with E-state index in [1.807, 2.05) is 39.0 Å². The number of fused-ring (bicyclic) bond motifs is 1. The van der Waals surface area contributed by atoms with Crippen molar-refractivity contribution in [3.8, 4) is 11.5 Å². The first-order chi connectivity index (χ1) is 17.7. The van der Waals surface area contributed by atoms with Crippen molar-refractivity contribution in [1.82, 2.24) is 4.98 Å². The SMILES string of the molecule is COc1ccc(C(O)=C2C(=O)C(=O)N(c3nc4c(C)cc(C)cc4s3)[C@@H]2c2ccccc2OC)cc1C. The van der Waals surface area contributed by atoms with Crippen molar-refractivity contribution in [3.05, 3.63) is 88.0 Å². The number of amides is 1. The number of anilines is 1. The number of para-hydroxylation sites is 1. The van der Waals surface area contributed by atoms with Gasteiger partial charge in [0.25, 0.3) is 5.78 Å². The average molecular weight is 515 g/mol. The molecule has 1 aliphatic heterocycles. The number of aromatic nitrogens is 1. The van der Waals surface area contributed by atoms with Crippen molar-refractivity contribution < 1.29 is 24.2 Å². The van der Waals surface area contributed by atoms with Crippen molar-refractivity contribution in [3.63, 3.8) is 0 Å². The van der Waals surface area contributed by atoms with Gasteiger partial charge < -0.3 is 14.6 Å². The molecule has 1 N–H and O–H groups in total. The van der Waals surface area contributed by atoms with Crippen LogP contribution in [0, 0.1) is 20.8 Å². The van der Waals surface area contributed by atoms with E-state index in [4.69, 9.17) is 14.5 Å². The molecule has 5 rings (SSSR count). The molecular formula is C29H26N2O5S. The highest BCUT2D eigenvalue weighted by atomic mass is 32.1. The fraction of sp³-hybridized carbons (Fsp3) is 0.207. The fourth-order valence-corrected chi connectivity index (χ4v) is 6.03. The zero-order valence-electron chi connectivity index (χ0n) is 21.2. The van der Waals surface area contributed by atoms with Gasteiger partial charge in [-0.15, -0.1) is 0 Å². The lowest BCUT2D eigenvalue weighted by atomic mass is 9.94. The summed E-state index contributed by atoms with van der Waals surface area (Å²) in [6.45, 7) is 5.82. The normalized spacial score (nSPS) is 17.0. The van der Waals surface area contributed by atoms with Gasteiger partial charge >= 0.3 is 5.91 Å². The van der Waals surface area contributed by atoms with Gasteiger partial charge in [-0.2, -0.15) is 0 Å². The Hall–Kier alpha value is -4.17. The molecule has 3 aromatic carbocycles. The zero-order valence-corrected chi connectivity index (χ0v) is 22.0. The van der Waals surface area contributed by atoms with Gasteiger partial charge in [0.15, 0.2) is 5.13 Å². The van der Waals surface area contributed by atoms with Crippen LogP contribution in [0.1, 0.15) is 33.9 Å². The summed E-state index contributed by atoms with van der Waals surface area (Å²) in [4.78, 5) is 33.2. The van der Waals surface area contributed by atoms with Gasteiger partial charge in [-0.3, -0.25) is 14.5 Å². The van der Waals surface area contributed by atoms with E-state index < -0.39 is 17.7 Å². The van der Waals surface area contributed by atoms with E-state index in [0.29, 0.717) is 27.8 Å². The number of methoxy groups -OCH3 is 2. The highest BCUT2D eigenvalue weighted by molar-refractivity contribution is 7.22. The maximum absolute atomic E-state index is 13.6. The molecule has 188 valence electrons. The summed E-state index contributed by atoms with van der Waals surface area (Å²) in [6.07, 6.45) is 0. The quantitative estimate of drug-likeness (QED) is 0.204. The summed E-state index contributed by atoms with van der Waals surface area (Å²) in [7, 11) is 3.10. The molecule has 1 saturated heterocycles. The van der Waals surface area contributed by atoms with Gasteiger partial charge in [-0.1, -0.05) is 35.6 Å². The second-order valence-electron chi connectivity index (χ2n) is 9.02. The summed E-state index contributed by atoms with van der Waals surface area (Å²) in [5.41, 5.74) is 4.58. The van der Waals surface area contributed by atoms with E-state index in [0.717, 1.165) is 26.9 Å². The third-order valence-electron chi connectivity index (χ3n) is 6.57. The third-order valence-corrected chi connectivity index (χ3v) is 7.57. The number of aryl methyl sites for hydroxylation is 3. The topological polar surface area (TPSA) is 89.0 Å². The Morgan fingerprint density at radius 3 is 2.38 bits per heavy atom. The van der Waals surface area contributed by atoms with Crippen molar-refractivity contribution >= 4 is 44.1 Å². The molecule has 0 spiro atoms. The van der Waals surface area contributed by atoms with E-state index in [-0.39, 0.29) is 11.3 Å². The first-order valence-electron chi connectivity index (χ1n) is 11.7. The monoisotopic (exact) mass is 514 g/mol. The number of carbonyl (C=O) groups excluding carboxylic acids is 2. The first kappa shape index (κ1) is 24.5. The number of aliphatic hydroxyl groups is 1. The van der Waals surface area contributed by atoms with Gasteiger partial charge in [-0.25, -0.2) is 4.98 Å². The maximum atomic E-state index is 13.6. The Bertz CT molecular complexity index is 1600. The van der Waals surface area contributed by atoms with Crippen molar-refractivity contribution in [1.29, 1.82) is 0 Å². The summed E-state index contributed by atoms with van der Waals surface area (Å²) in [5.74, 6) is -0.663. The molecule has 1 atom stereocenters. The largest absolute Gasteiger partial charge is 0.507 e. The Morgan fingerprint density at radius 2 is 1.68 bits per heavy atom. The molecule has 1 aliphatic rings. The number of rotatable bonds is 5. The summed E-state index contributed by atoms with van der Waals surface area (Å²) >= 11 is 1.34. The predicted octanol–water partition coefficient (Wildman–Crippen LogP) is 5.87. The van der Waals surface area contributed by atoms with Gasteiger partial charge in [0.05, 0.1) is 30.0 Å². The average Bonchev–Trinajstić information content (AvgIpc) is 3.42. The van der Waals surface area contributed by atoms with Crippen molar-refractivity contribution in [2.75, 3.05) is 19.1 Å². The Labute approximate surface area is 218 Å². The lowest BCUT2D eigenvalue weighted by Gasteiger charge is -2.24. The minimum Gasteiger partial charge on any atom is -0.507 e. The molecule has 0 saturated carbocycles. The molecule has 1 aromatic heterocycles. The summed E-state index contributed by atoms with van der Waals surface area (Å²) < 4.78 is 11.9. The van der Waals surface area contributed by atoms with Crippen LogP contribution in [0.25, 0.3) is 16.0 Å². The van der Waals surface area contributed by atoms with Gasteiger partial charge in [-0.05, 0) is 67.8 Å². The van der Waals surface area contributed by atoms with Crippen molar-refractivity contribution in [2.24, 2.45) is 0 Å². The van der Waals surface area contributed by atoms with Crippen LogP contribution in [-0.2, 0) is 9.59 Å². The van der Waals surface area contributed by atoms with Crippen molar-refractivity contribution in [2.45, 2.75) is 26.8 Å². The second-order valence-corrected chi connectivity index (χ2v) is 10.0. The minimum atomic E-state index is -0.930. The first-order valence-corrected chi connectivity index (χ1v) is 12.5. The number of nitrogens with zero attached hydrogens (tertiary/aromatic N) is 2. The van der Waals surface area contributed by atoms with E-state index in [2.05, 4.69) is 0 Å². The number of thiazole rings is 1. The molecule has 0 radical (unpaired) electrons. The summed E-state index contributed by atoms with van der Waals surface area (Å²) in [6, 6.07) is 15.4. The lowest BCUT2D eigenvalue weighted by molar-refractivity contribution is -0.132. The van der Waals surface area contributed by atoms with Gasteiger partial charge in [0.1, 0.15) is 23.3 Å². The minimum absolute atomic E-state index is 0.0220. The number of aliphatic hydroxyl groups excluding tert-OH is 1. The third kappa shape index (κ3) is 4.03. The fourth-order valence-electron chi connectivity index (χ4n) is 4.86. The van der Waals surface area contributed by atoms with Crippen LogP contribution in [0.5, 0.6) is 11.5 Å². The number of hydrogen-bond acceptors (Lipinski definition) is 7. The highest BCUT2D eigenvalue weighted by Crippen LogP contribution is 2.47. The second kappa shape index (κ2) is 9.37. The molecule has 0 aliphatic carbocycles. The van der Waals surface area contributed by atoms with Crippen LogP contribution < -0.4 is 14.4 Å². The van der Waals surface area contributed by atoms with Crippen LogP contribution in [-0.4, -0.2) is 36.0 Å². The van der Waals surface area contributed by atoms with Gasteiger partial charge in [0, 0.05) is 11.1 Å². The van der Waals surface area contributed by atoms with E-state index in [1.54, 1.807) is 43.5 Å². The van der Waals surface area contributed by atoms with E-state index in [9.17, 15) is 14.7 Å². The van der Waals surface area contributed by atoms with Crippen LogP contribution in [0.3, 0.4) is 0 Å². The number of ketones is 1. The number of ether oxygens (including phenoxy) is 2. The highest BCUT2D eigenvalue weighted by Gasteiger charge is 2.49. The Morgan fingerprint density at radius 1 is 0.946 bits per heavy atom. The number of Topliss-reactive ketones (excluding diaryl/α,β-unsaturated/α-hetero) is 1. The number of hydrogen-bond donors (Lipinski definition) is 1. The molecule has 1 amide bonds. The lowest BCUT2D eigenvalue weighted by Crippen LogP contribution is -2.29. The standard InChI is InChI=1S/C29H26N2O5S/c1-15-12-17(3)24-22(13-15)37-29(30-24)31-25(19-8-6-7-9-21(19)36-5)23(27(33)28(31)34)26(32)18-10-11-20(35-4)16(2)14-18/h6-14,25,32H,1-5H3/t25-/m1/s1. The molecule has 7 nitrogen and oxygen atoms in total. The zero-order chi connectivity index (χ0) is 26.4. The van der Waals surface area contributed by atoms with Gasteiger partial charge in [0.2, 0.25) is 0 Å². The molecular weight excluding hydrogens is 488 g/mol. The molecule has 4 aromatic rings. The van der Waals surface area contributed by atoms with Crippen LogP contribution in [0.2, 0.25) is 0 Å². The Kier molecular flexibility index (Phi) is 6.21. The van der Waals surface area contributed by atoms with Crippen LogP contribution >= 0.6 is 11.3 Å². The Balaban J connectivity index is 1.77. The van der Waals surface area contributed by atoms with E-state index in [1.165, 1.54) is 23.3 Å². The molecule has 2 heterocycles. The summed E-state index contributed by atoms with van der Waals surface area (Å²) in [5, 5.41) is 11.8. The molecule has 0 unspecified atom stereocenters. The smallest absolute Gasteiger partial charge is 0.301 e. The molecule has 8 heteroatoms. The predicted molar refractivity (Wildman–Crippen MR) is 145 cm³/mol. The van der Waals surface area contributed by atoms with Crippen LogP contribution in [0.15, 0.2) is 60.2 Å². The molecule has 1 fully saturated rings. The van der Waals surface area contributed by atoms with Crippen LogP contribution in [0.4, 0.5) is 5.13 Å². The molecule has 0 bridgehead atoms. The molecule has 37 heavy (non-hydrogen) atoms.